The van der Waals surface area contributed by atoms with E-state index < -0.39 is 0 Å². The highest BCUT2D eigenvalue weighted by Gasteiger charge is 2.57. The average Bonchev–Trinajstić information content (AvgIpc) is 2.77. The molecule has 0 aliphatic heterocycles. The van der Waals surface area contributed by atoms with Crippen LogP contribution in [0.15, 0.2) is 30.3 Å². The summed E-state index contributed by atoms with van der Waals surface area (Å²) in [5.74, 6) is 0. The molecule has 0 aromatic heterocycles. The Morgan fingerprint density at radius 3 is 2.33 bits per heavy atom. The number of nitrogens with zero attached hydrogens (tertiary/aromatic N) is 1. The largest absolute Gasteiger partial charge is 0.295 e. The molecule has 2 saturated carbocycles. The van der Waals surface area contributed by atoms with Crippen molar-refractivity contribution >= 4 is 0 Å². The predicted molar refractivity (Wildman–Crippen MR) is 71.8 cm³/mol. The van der Waals surface area contributed by atoms with E-state index in [-0.39, 0.29) is 11.0 Å². The molecule has 0 radical (unpaired) electrons. The molecule has 2 heteroatoms. The molecule has 3 rings (SSSR count). The highest BCUT2D eigenvalue weighted by atomic mass is 15.0. The first-order valence-corrected chi connectivity index (χ1v) is 7.01. The molecular weight excluding hydrogens is 220 g/mol. The second-order valence-corrected chi connectivity index (χ2v) is 5.84. The van der Waals surface area contributed by atoms with Crippen LogP contribution < -0.4 is 5.32 Å². The van der Waals surface area contributed by atoms with Crippen LogP contribution in [-0.4, -0.2) is 5.54 Å². The normalized spacial score (nSPS) is 28.8. The molecular formula is C16H20N2. The molecule has 0 heterocycles. The van der Waals surface area contributed by atoms with Crippen molar-refractivity contribution in [3.05, 3.63) is 35.9 Å². The lowest BCUT2D eigenvalue weighted by Gasteiger charge is -2.49. The monoisotopic (exact) mass is 240 g/mol. The summed E-state index contributed by atoms with van der Waals surface area (Å²) in [5.41, 5.74) is 1.30. The van der Waals surface area contributed by atoms with E-state index in [2.05, 4.69) is 35.7 Å². The van der Waals surface area contributed by atoms with Gasteiger partial charge in [-0.25, -0.2) is 0 Å². The molecule has 1 unspecified atom stereocenters. The summed E-state index contributed by atoms with van der Waals surface area (Å²) in [6.45, 7) is 0.816. The minimum Gasteiger partial charge on any atom is -0.295 e. The lowest BCUT2D eigenvalue weighted by atomic mass is 9.59. The van der Waals surface area contributed by atoms with Crippen LogP contribution in [0, 0.1) is 16.7 Å². The molecule has 2 fully saturated rings. The number of benzene rings is 1. The van der Waals surface area contributed by atoms with Crippen molar-refractivity contribution in [3.8, 4) is 6.07 Å². The first-order chi connectivity index (χ1) is 8.80. The minimum atomic E-state index is -0.263. The first-order valence-electron chi connectivity index (χ1n) is 7.01. The molecule has 18 heavy (non-hydrogen) atoms. The SMILES string of the molecule is N#CC1(NCc2ccccc2)CCCC12CCC2. The van der Waals surface area contributed by atoms with Crippen LogP contribution >= 0.6 is 0 Å². The maximum absolute atomic E-state index is 9.68. The molecule has 0 saturated heterocycles. The van der Waals surface area contributed by atoms with Crippen LogP contribution in [0.1, 0.15) is 44.1 Å². The van der Waals surface area contributed by atoms with Crippen molar-refractivity contribution in [1.82, 2.24) is 5.32 Å². The third-order valence-corrected chi connectivity index (χ3v) is 5.05. The van der Waals surface area contributed by atoms with Crippen LogP contribution in [0.4, 0.5) is 0 Å². The van der Waals surface area contributed by atoms with Crippen molar-refractivity contribution in [2.75, 3.05) is 0 Å². The second-order valence-electron chi connectivity index (χ2n) is 5.84. The van der Waals surface area contributed by atoms with Gasteiger partial charge in [0.05, 0.1) is 6.07 Å². The van der Waals surface area contributed by atoms with Gasteiger partial charge >= 0.3 is 0 Å². The van der Waals surface area contributed by atoms with E-state index in [4.69, 9.17) is 0 Å². The van der Waals surface area contributed by atoms with E-state index in [0.717, 1.165) is 13.0 Å². The molecule has 1 aromatic carbocycles. The Morgan fingerprint density at radius 1 is 1.06 bits per heavy atom. The van der Waals surface area contributed by atoms with E-state index >= 15 is 0 Å². The van der Waals surface area contributed by atoms with E-state index in [1.807, 2.05) is 6.07 Å². The molecule has 94 valence electrons. The molecule has 1 spiro atoms. The van der Waals surface area contributed by atoms with Crippen molar-refractivity contribution in [2.24, 2.45) is 5.41 Å². The fourth-order valence-electron chi connectivity index (χ4n) is 3.79. The molecule has 2 aliphatic rings. The highest BCUT2D eigenvalue weighted by molar-refractivity contribution is 5.24. The van der Waals surface area contributed by atoms with E-state index in [9.17, 15) is 5.26 Å². The summed E-state index contributed by atoms with van der Waals surface area (Å²) < 4.78 is 0. The zero-order valence-electron chi connectivity index (χ0n) is 10.8. The average molecular weight is 240 g/mol. The Morgan fingerprint density at radius 2 is 1.72 bits per heavy atom. The second kappa shape index (κ2) is 4.40. The van der Waals surface area contributed by atoms with Crippen molar-refractivity contribution in [2.45, 2.75) is 50.6 Å². The number of hydrogen-bond donors (Lipinski definition) is 1. The fraction of sp³-hybridized carbons (Fsp3) is 0.562. The predicted octanol–water partition coefficient (Wildman–Crippen LogP) is 3.39. The van der Waals surface area contributed by atoms with Gasteiger partial charge in [-0.15, -0.1) is 0 Å². The lowest BCUT2D eigenvalue weighted by Crippen LogP contribution is -2.56. The van der Waals surface area contributed by atoms with Gasteiger partial charge in [0, 0.05) is 12.0 Å². The van der Waals surface area contributed by atoms with Gasteiger partial charge in [0.25, 0.3) is 0 Å². The van der Waals surface area contributed by atoms with E-state index in [1.165, 1.54) is 37.7 Å². The number of hydrogen-bond acceptors (Lipinski definition) is 2. The molecule has 1 N–H and O–H groups in total. The molecule has 2 nitrogen and oxygen atoms in total. The number of rotatable bonds is 3. The molecule has 1 atom stereocenters. The van der Waals surface area contributed by atoms with Crippen molar-refractivity contribution in [1.29, 1.82) is 5.26 Å². The van der Waals surface area contributed by atoms with Gasteiger partial charge in [-0.05, 0) is 37.7 Å². The maximum atomic E-state index is 9.68. The number of nitriles is 1. The van der Waals surface area contributed by atoms with Gasteiger partial charge < -0.3 is 0 Å². The summed E-state index contributed by atoms with van der Waals surface area (Å²) in [4.78, 5) is 0. The van der Waals surface area contributed by atoms with Gasteiger partial charge in [0.1, 0.15) is 5.54 Å². The summed E-state index contributed by atoms with van der Waals surface area (Å²) in [5, 5.41) is 13.3. The van der Waals surface area contributed by atoms with Gasteiger partial charge in [0.2, 0.25) is 0 Å². The zero-order valence-corrected chi connectivity index (χ0v) is 10.8. The van der Waals surface area contributed by atoms with Gasteiger partial charge in [0.15, 0.2) is 0 Å². The van der Waals surface area contributed by atoms with Crippen LogP contribution in [0.2, 0.25) is 0 Å². The fourth-order valence-corrected chi connectivity index (χ4v) is 3.79. The topological polar surface area (TPSA) is 35.8 Å². The summed E-state index contributed by atoms with van der Waals surface area (Å²) >= 11 is 0. The number of nitrogens with one attached hydrogen (secondary N) is 1. The van der Waals surface area contributed by atoms with Crippen LogP contribution in [-0.2, 0) is 6.54 Å². The smallest absolute Gasteiger partial charge is 0.112 e. The summed E-state index contributed by atoms with van der Waals surface area (Å²) in [7, 11) is 0. The van der Waals surface area contributed by atoms with E-state index in [1.54, 1.807) is 0 Å². The molecule has 1 aromatic rings. The Labute approximate surface area is 109 Å². The van der Waals surface area contributed by atoms with Gasteiger partial charge in [-0.2, -0.15) is 5.26 Å². The maximum Gasteiger partial charge on any atom is 0.112 e. The molecule has 2 aliphatic carbocycles. The van der Waals surface area contributed by atoms with Crippen LogP contribution in [0.3, 0.4) is 0 Å². The van der Waals surface area contributed by atoms with Crippen molar-refractivity contribution < 1.29 is 0 Å². The molecule has 0 bridgehead atoms. The third kappa shape index (κ3) is 1.66. The quantitative estimate of drug-likeness (QED) is 0.879. The van der Waals surface area contributed by atoms with Crippen LogP contribution in [0.5, 0.6) is 0 Å². The Kier molecular flexibility index (Phi) is 2.87. The minimum absolute atomic E-state index is 0.263. The van der Waals surface area contributed by atoms with Crippen molar-refractivity contribution in [3.63, 3.8) is 0 Å². The molecule has 0 amide bonds. The standard InChI is InChI=1S/C16H20N2/c17-13-16(11-5-10-15(16)8-4-9-15)18-12-14-6-2-1-3-7-14/h1-3,6-7,18H,4-5,8-12H2. The summed E-state index contributed by atoms with van der Waals surface area (Å²) in [6, 6.07) is 13.0. The van der Waals surface area contributed by atoms with Gasteiger partial charge in [-0.1, -0.05) is 36.8 Å². The highest BCUT2D eigenvalue weighted by Crippen LogP contribution is 2.58. The van der Waals surface area contributed by atoms with Gasteiger partial charge in [-0.3, -0.25) is 5.32 Å². The van der Waals surface area contributed by atoms with Crippen LogP contribution in [0.25, 0.3) is 0 Å². The third-order valence-electron chi connectivity index (χ3n) is 5.05. The first kappa shape index (κ1) is 11.7. The Bertz CT molecular complexity index is 456. The van der Waals surface area contributed by atoms with E-state index in [0.29, 0.717) is 0 Å². The Hall–Kier alpha value is -1.33. The summed E-state index contributed by atoms with van der Waals surface area (Å²) in [6.07, 6.45) is 7.25. The zero-order chi connectivity index (χ0) is 12.5. The lowest BCUT2D eigenvalue weighted by molar-refractivity contribution is 0.0604. The Balaban J connectivity index is 1.75.